The highest BCUT2D eigenvalue weighted by Crippen LogP contribution is 2.27. The zero-order chi connectivity index (χ0) is 18.7. The molecule has 0 bridgehead atoms. The third kappa shape index (κ3) is 4.12. The van der Waals surface area contributed by atoms with Gasteiger partial charge in [0, 0.05) is 22.5 Å². The van der Waals surface area contributed by atoms with E-state index in [9.17, 15) is 4.79 Å². The lowest BCUT2D eigenvalue weighted by Gasteiger charge is -2.19. The molecule has 132 valence electrons. The first kappa shape index (κ1) is 18.2. The highest BCUT2D eigenvalue weighted by atomic mass is 35.5. The molecule has 3 rings (SSSR count). The Kier molecular flexibility index (Phi) is 5.10. The molecule has 0 saturated carbocycles. The van der Waals surface area contributed by atoms with Crippen LogP contribution in [0, 0.1) is 0 Å². The second kappa shape index (κ2) is 7.30. The minimum absolute atomic E-state index is 0.0267. The lowest BCUT2D eigenvalue weighted by Crippen LogP contribution is -2.14. The zero-order valence-corrected chi connectivity index (χ0v) is 15.8. The summed E-state index contributed by atoms with van der Waals surface area (Å²) in [6.45, 7) is 6.43. The summed E-state index contributed by atoms with van der Waals surface area (Å²) in [6.07, 6.45) is 1.57. The first-order chi connectivity index (χ1) is 12.3. The Morgan fingerprint density at radius 3 is 2.42 bits per heavy atom. The molecule has 1 heterocycles. The van der Waals surface area contributed by atoms with Crippen LogP contribution >= 0.6 is 11.6 Å². The topological polar surface area (TPSA) is 42.0 Å². The molecule has 1 N–H and O–H groups in total. The van der Waals surface area contributed by atoms with Gasteiger partial charge in [-0.15, -0.1) is 0 Å². The van der Waals surface area contributed by atoms with E-state index in [1.54, 1.807) is 12.3 Å². The van der Waals surface area contributed by atoms with Crippen molar-refractivity contribution in [2.45, 2.75) is 26.2 Å². The minimum atomic E-state index is -0.186. The third-order valence-electron chi connectivity index (χ3n) is 4.16. The summed E-state index contributed by atoms with van der Waals surface area (Å²) in [6, 6.07) is 19.0. The molecule has 2 aromatic carbocycles. The van der Waals surface area contributed by atoms with E-state index < -0.39 is 0 Å². The molecule has 3 nitrogen and oxygen atoms in total. The van der Waals surface area contributed by atoms with Crippen LogP contribution in [0.1, 0.15) is 36.7 Å². The lowest BCUT2D eigenvalue weighted by atomic mass is 9.87. The Morgan fingerprint density at radius 2 is 1.77 bits per heavy atom. The first-order valence-electron chi connectivity index (χ1n) is 8.47. The smallest absolute Gasteiger partial charge is 0.257 e. The van der Waals surface area contributed by atoms with Crippen molar-refractivity contribution in [1.82, 2.24) is 4.98 Å². The highest BCUT2D eigenvalue weighted by molar-refractivity contribution is 6.33. The zero-order valence-electron chi connectivity index (χ0n) is 15.1. The molecule has 0 radical (unpaired) electrons. The van der Waals surface area contributed by atoms with Gasteiger partial charge in [0.05, 0.1) is 11.3 Å². The maximum absolute atomic E-state index is 12.5. The minimum Gasteiger partial charge on any atom is -0.322 e. The number of halogens is 1. The second-order valence-electron chi connectivity index (χ2n) is 7.20. The average Bonchev–Trinajstić information content (AvgIpc) is 2.62. The van der Waals surface area contributed by atoms with Crippen molar-refractivity contribution in [2.24, 2.45) is 0 Å². The van der Waals surface area contributed by atoms with E-state index in [4.69, 9.17) is 11.6 Å². The largest absolute Gasteiger partial charge is 0.322 e. The van der Waals surface area contributed by atoms with Crippen molar-refractivity contribution in [3.8, 4) is 11.3 Å². The van der Waals surface area contributed by atoms with E-state index in [2.05, 4.69) is 37.1 Å². The second-order valence-corrected chi connectivity index (χ2v) is 7.60. The summed E-state index contributed by atoms with van der Waals surface area (Å²) in [5, 5.41) is 3.57. The molecule has 1 amide bonds. The van der Waals surface area contributed by atoms with E-state index in [0.717, 1.165) is 16.9 Å². The third-order valence-corrected chi connectivity index (χ3v) is 4.49. The number of nitrogens with zero attached hydrogens (tertiary/aromatic N) is 1. The van der Waals surface area contributed by atoms with Gasteiger partial charge < -0.3 is 5.32 Å². The van der Waals surface area contributed by atoms with E-state index in [0.29, 0.717) is 10.6 Å². The lowest BCUT2D eigenvalue weighted by molar-refractivity contribution is 0.102. The SMILES string of the molecule is CC(C)(C)c1cccc(NC(=O)c2ccc(-c3ccccc3Cl)nc2)c1. The predicted octanol–water partition coefficient (Wildman–Crippen LogP) is 5.95. The molecule has 0 aliphatic heterocycles. The normalized spacial score (nSPS) is 11.2. The van der Waals surface area contributed by atoms with Gasteiger partial charge in [-0.3, -0.25) is 9.78 Å². The number of amides is 1. The monoisotopic (exact) mass is 364 g/mol. The van der Waals surface area contributed by atoms with Crippen molar-refractivity contribution in [3.63, 3.8) is 0 Å². The van der Waals surface area contributed by atoms with Gasteiger partial charge in [0.1, 0.15) is 0 Å². The number of benzene rings is 2. The summed E-state index contributed by atoms with van der Waals surface area (Å²) < 4.78 is 0. The quantitative estimate of drug-likeness (QED) is 0.623. The van der Waals surface area contributed by atoms with Crippen molar-refractivity contribution in [1.29, 1.82) is 0 Å². The van der Waals surface area contributed by atoms with Crippen molar-refractivity contribution < 1.29 is 4.79 Å². The molecule has 3 aromatic rings. The van der Waals surface area contributed by atoms with Gasteiger partial charge in [0.15, 0.2) is 0 Å². The van der Waals surface area contributed by atoms with Crippen LogP contribution in [0.15, 0.2) is 66.9 Å². The predicted molar refractivity (Wildman–Crippen MR) is 108 cm³/mol. The van der Waals surface area contributed by atoms with Gasteiger partial charge in [0.25, 0.3) is 5.91 Å². The molecular formula is C22H21ClN2O. The maximum Gasteiger partial charge on any atom is 0.257 e. The first-order valence-corrected chi connectivity index (χ1v) is 8.85. The molecule has 0 spiro atoms. The van der Waals surface area contributed by atoms with Crippen LogP contribution in [0.3, 0.4) is 0 Å². The summed E-state index contributed by atoms with van der Waals surface area (Å²) in [5.74, 6) is -0.186. The van der Waals surface area contributed by atoms with Gasteiger partial charge in [0.2, 0.25) is 0 Å². The van der Waals surface area contributed by atoms with Gasteiger partial charge in [-0.1, -0.05) is 62.7 Å². The van der Waals surface area contributed by atoms with E-state index in [1.165, 1.54) is 5.56 Å². The Hall–Kier alpha value is -2.65. The number of pyridine rings is 1. The average molecular weight is 365 g/mol. The summed E-state index contributed by atoms with van der Waals surface area (Å²) in [7, 11) is 0. The molecule has 0 aliphatic carbocycles. The van der Waals surface area contributed by atoms with E-state index in [1.807, 2.05) is 48.5 Å². The molecule has 26 heavy (non-hydrogen) atoms. The number of aromatic nitrogens is 1. The van der Waals surface area contributed by atoms with Crippen LogP contribution in [-0.4, -0.2) is 10.9 Å². The number of carbonyl (C=O) groups excluding carboxylic acids is 1. The molecule has 0 saturated heterocycles. The maximum atomic E-state index is 12.5. The van der Waals surface area contributed by atoms with Gasteiger partial charge >= 0.3 is 0 Å². The molecule has 0 atom stereocenters. The molecule has 1 aromatic heterocycles. The van der Waals surface area contributed by atoms with E-state index in [-0.39, 0.29) is 11.3 Å². The van der Waals surface area contributed by atoms with Crippen LogP contribution in [0.5, 0.6) is 0 Å². The molecule has 0 aliphatic rings. The van der Waals surface area contributed by atoms with Gasteiger partial charge in [-0.2, -0.15) is 0 Å². The number of anilines is 1. The number of nitrogens with one attached hydrogen (secondary N) is 1. The van der Waals surface area contributed by atoms with Gasteiger partial charge in [-0.05, 0) is 41.3 Å². The molecule has 0 fully saturated rings. The number of hydrogen-bond donors (Lipinski definition) is 1. The van der Waals surface area contributed by atoms with Crippen LogP contribution in [0.25, 0.3) is 11.3 Å². The van der Waals surface area contributed by atoms with Crippen LogP contribution < -0.4 is 5.32 Å². The van der Waals surface area contributed by atoms with Crippen LogP contribution in [0.2, 0.25) is 5.02 Å². The number of rotatable bonds is 3. The Morgan fingerprint density at radius 1 is 1.00 bits per heavy atom. The fourth-order valence-electron chi connectivity index (χ4n) is 2.62. The summed E-state index contributed by atoms with van der Waals surface area (Å²) in [4.78, 5) is 16.9. The molecule has 4 heteroatoms. The van der Waals surface area contributed by atoms with Crippen LogP contribution in [0.4, 0.5) is 5.69 Å². The van der Waals surface area contributed by atoms with Crippen LogP contribution in [-0.2, 0) is 5.41 Å². The fourth-order valence-corrected chi connectivity index (χ4v) is 2.86. The fraction of sp³-hybridized carbons (Fsp3) is 0.182. The van der Waals surface area contributed by atoms with Crippen molar-refractivity contribution in [2.75, 3.05) is 5.32 Å². The highest BCUT2D eigenvalue weighted by Gasteiger charge is 2.15. The van der Waals surface area contributed by atoms with Crippen molar-refractivity contribution >= 4 is 23.2 Å². The standard InChI is InChI=1S/C22H21ClN2O/c1-22(2,3)16-7-6-8-17(13-16)25-21(26)15-11-12-20(24-14-15)18-9-4-5-10-19(18)23/h4-14H,1-3H3,(H,25,26). The number of carbonyl (C=O) groups is 1. The Bertz CT molecular complexity index is 927. The number of hydrogen-bond acceptors (Lipinski definition) is 2. The molecular weight excluding hydrogens is 344 g/mol. The van der Waals surface area contributed by atoms with E-state index >= 15 is 0 Å². The Labute approximate surface area is 159 Å². The summed E-state index contributed by atoms with van der Waals surface area (Å²) >= 11 is 6.20. The Balaban J connectivity index is 1.78. The van der Waals surface area contributed by atoms with Crippen molar-refractivity contribution in [3.05, 3.63) is 83.0 Å². The van der Waals surface area contributed by atoms with Gasteiger partial charge in [-0.25, -0.2) is 0 Å². The summed E-state index contributed by atoms with van der Waals surface area (Å²) in [5.41, 5.74) is 4.06. The molecule has 0 unspecified atom stereocenters.